The molecule has 8 heteroatoms. The van der Waals surface area contributed by atoms with Gasteiger partial charge < -0.3 is 20.0 Å². The molecule has 1 aliphatic rings. The average molecular weight is 294 g/mol. The van der Waals surface area contributed by atoms with Gasteiger partial charge in [0.05, 0.1) is 18.6 Å². The Hall–Kier alpha value is -1.44. The fourth-order valence-electron chi connectivity index (χ4n) is 2.33. The van der Waals surface area contributed by atoms with Gasteiger partial charge in [-0.2, -0.15) is 0 Å². The molecule has 116 valence electrons. The maximum atomic E-state index is 12.4. The van der Waals surface area contributed by atoms with Crippen LogP contribution in [0.1, 0.15) is 19.8 Å². The molecule has 1 saturated heterocycles. The van der Waals surface area contributed by atoms with Crippen molar-refractivity contribution in [2.24, 2.45) is 5.41 Å². The number of hydrogen-bond acceptors (Lipinski definition) is 3. The van der Waals surface area contributed by atoms with E-state index in [4.69, 9.17) is 5.11 Å². The van der Waals surface area contributed by atoms with Gasteiger partial charge in [0.1, 0.15) is 0 Å². The number of alkyl halides is 2. The summed E-state index contributed by atoms with van der Waals surface area (Å²) in [6.07, 6.45) is -1.74. The molecule has 0 aromatic carbocycles. The Morgan fingerprint density at radius 2 is 2.10 bits per heavy atom. The number of carbonyl (C=O) groups is 2. The van der Waals surface area contributed by atoms with Crippen LogP contribution < -0.4 is 0 Å². The van der Waals surface area contributed by atoms with Gasteiger partial charge in [-0.25, -0.2) is 13.6 Å². The van der Waals surface area contributed by atoms with E-state index >= 15 is 0 Å². The zero-order chi connectivity index (χ0) is 15.3. The van der Waals surface area contributed by atoms with E-state index in [1.807, 2.05) is 0 Å². The first kappa shape index (κ1) is 16.6. The molecule has 2 amide bonds. The SMILES string of the molecule is CC1(C(=O)O)CCCN(C(=O)N(CCO)CC(F)F)C1. The van der Waals surface area contributed by atoms with Crippen LogP contribution in [-0.2, 0) is 4.79 Å². The van der Waals surface area contributed by atoms with Gasteiger partial charge >= 0.3 is 12.0 Å². The minimum Gasteiger partial charge on any atom is -0.481 e. The highest BCUT2D eigenvalue weighted by Crippen LogP contribution is 2.30. The van der Waals surface area contributed by atoms with Crippen LogP contribution in [0.15, 0.2) is 0 Å². The highest BCUT2D eigenvalue weighted by Gasteiger charge is 2.40. The molecule has 1 rings (SSSR count). The summed E-state index contributed by atoms with van der Waals surface area (Å²) < 4.78 is 24.9. The van der Waals surface area contributed by atoms with E-state index in [1.165, 1.54) is 11.8 Å². The van der Waals surface area contributed by atoms with Crippen molar-refractivity contribution in [3.05, 3.63) is 0 Å². The molecule has 1 unspecified atom stereocenters. The van der Waals surface area contributed by atoms with E-state index in [2.05, 4.69) is 0 Å². The number of aliphatic carboxylic acids is 1. The third-order valence-electron chi connectivity index (χ3n) is 3.48. The third kappa shape index (κ3) is 4.03. The van der Waals surface area contributed by atoms with Gasteiger partial charge in [0.25, 0.3) is 6.43 Å². The first-order valence-corrected chi connectivity index (χ1v) is 6.46. The summed E-state index contributed by atoms with van der Waals surface area (Å²) in [4.78, 5) is 25.5. The minimum absolute atomic E-state index is 0.00761. The second-order valence-electron chi connectivity index (χ2n) is 5.23. The van der Waals surface area contributed by atoms with Crippen molar-refractivity contribution in [1.29, 1.82) is 0 Å². The zero-order valence-electron chi connectivity index (χ0n) is 11.4. The maximum absolute atomic E-state index is 12.4. The topological polar surface area (TPSA) is 81.1 Å². The molecule has 6 nitrogen and oxygen atoms in total. The van der Waals surface area contributed by atoms with Crippen molar-refractivity contribution < 1.29 is 28.6 Å². The van der Waals surface area contributed by atoms with Gasteiger partial charge in [0, 0.05) is 19.6 Å². The quantitative estimate of drug-likeness (QED) is 0.788. The highest BCUT2D eigenvalue weighted by atomic mass is 19.3. The predicted octanol–water partition coefficient (Wildman–Crippen LogP) is 0.853. The lowest BCUT2D eigenvalue weighted by Crippen LogP contribution is -2.53. The lowest BCUT2D eigenvalue weighted by atomic mass is 9.82. The molecular formula is C12H20F2N2O4. The van der Waals surface area contributed by atoms with Crippen LogP contribution in [0.2, 0.25) is 0 Å². The lowest BCUT2D eigenvalue weighted by molar-refractivity contribution is -0.150. The standard InChI is InChI=1S/C12H20F2N2O4/c1-12(10(18)19)3-2-4-16(8-12)11(20)15(5-6-17)7-9(13)14/h9,17H,2-8H2,1H3,(H,18,19). The van der Waals surface area contributed by atoms with Crippen LogP contribution in [0.5, 0.6) is 0 Å². The Morgan fingerprint density at radius 1 is 1.45 bits per heavy atom. The number of halogens is 2. The van der Waals surface area contributed by atoms with Crippen molar-refractivity contribution in [3.63, 3.8) is 0 Å². The smallest absolute Gasteiger partial charge is 0.320 e. The van der Waals surface area contributed by atoms with E-state index in [9.17, 15) is 23.5 Å². The number of urea groups is 1. The van der Waals surface area contributed by atoms with Crippen molar-refractivity contribution in [2.75, 3.05) is 32.8 Å². The molecule has 0 spiro atoms. The Labute approximate surface area is 116 Å². The summed E-state index contributed by atoms with van der Waals surface area (Å²) in [7, 11) is 0. The van der Waals surface area contributed by atoms with E-state index in [0.717, 1.165) is 4.90 Å². The summed E-state index contributed by atoms with van der Waals surface area (Å²) in [5, 5.41) is 18.0. The summed E-state index contributed by atoms with van der Waals surface area (Å²) >= 11 is 0. The van der Waals surface area contributed by atoms with Crippen LogP contribution in [0.4, 0.5) is 13.6 Å². The van der Waals surface area contributed by atoms with Crippen LogP contribution in [-0.4, -0.2) is 71.2 Å². The van der Waals surface area contributed by atoms with Crippen LogP contribution in [0.3, 0.4) is 0 Å². The number of amides is 2. The van der Waals surface area contributed by atoms with Crippen molar-refractivity contribution in [3.8, 4) is 0 Å². The average Bonchev–Trinajstić information content (AvgIpc) is 2.37. The summed E-state index contributed by atoms with van der Waals surface area (Å²) in [5.74, 6) is -1.00. The Balaban J connectivity index is 2.75. The molecule has 20 heavy (non-hydrogen) atoms. The molecule has 0 bridgehead atoms. The molecule has 1 fully saturated rings. The Kier molecular flexibility index (Phi) is 5.67. The number of hydrogen-bond donors (Lipinski definition) is 2. The van der Waals surface area contributed by atoms with Crippen LogP contribution in [0, 0.1) is 5.41 Å². The molecule has 2 N–H and O–H groups in total. The van der Waals surface area contributed by atoms with E-state index in [0.29, 0.717) is 19.4 Å². The molecule has 1 atom stereocenters. The van der Waals surface area contributed by atoms with Gasteiger partial charge in [-0.15, -0.1) is 0 Å². The van der Waals surface area contributed by atoms with Crippen molar-refractivity contribution >= 4 is 12.0 Å². The summed E-state index contributed by atoms with van der Waals surface area (Å²) in [5.41, 5.74) is -1.05. The van der Waals surface area contributed by atoms with Crippen LogP contribution in [0.25, 0.3) is 0 Å². The third-order valence-corrected chi connectivity index (χ3v) is 3.48. The molecule has 0 aromatic heterocycles. The fourth-order valence-corrected chi connectivity index (χ4v) is 2.33. The van der Waals surface area contributed by atoms with Gasteiger partial charge in [-0.05, 0) is 19.8 Å². The zero-order valence-corrected chi connectivity index (χ0v) is 11.4. The Morgan fingerprint density at radius 3 is 2.60 bits per heavy atom. The number of carboxylic acids is 1. The van der Waals surface area contributed by atoms with E-state index in [1.54, 1.807) is 0 Å². The summed E-state index contributed by atoms with van der Waals surface area (Å²) in [6.45, 7) is 0.503. The first-order chi connectivity index (χ1) is 9.30. The van der Waals surface area contributed by atoms with Crippen molar-refractivity contribution in [2.45, 2.75) is 26.2 Å². The highest BCUT2D eigenvalue weighted by molar-refractivity contribution is 5.78. The molecule has 1 heterocycles. The largest absolute Gasteiger partial charge is 0.481 e. The molecule has 0 aromatic rings. The van der Waals surface area contributed by atoms with Crippen LogP contribution >= 0.6 is 0 Å². The second-order valence-corrected chi connectivity index (χ2v) is 5.23. The first-order valence-electron chi connectivity index (χ1n) is 6.46. The summed E-state index contributed by atoms with van der Waals surface area (Å²) in [6, 6.07) is -0.647. The number of carbonyl (C=O) groups excluding carboxylic acids is 1. The molecular weight excluding hydrogens is 274 g/mol. The Bertz CT molecular complexity index is 367. The number of aliphatic hydroxyl groups excluding tert-OH is 1. The van der Waals surface area contributed by atoms with Gasteiger partial charge in [0.2, 0.25) is 0 Å². The maximum Gasteiger partial charge on any atom is 0.320 e. The number of nitrogens with zero attached hydrogens (tertiary/aromatic N) is 2. The minimum atomic E-state index is -2.69. The number of likely N-dealkylation sites (tertiary alicyclic amines) is 1. The van der Waals surface area contributed by atoms with Crippen molar-refractivity contribution in [1.82, 2.24) is 9.80 Å². The molecule has 0 aliphatic carbocycles. The molecule has 0 radical (unpaired) electrons. The van der Waals surface area contributed by atoms with Gasteiger partial charge in [0.15, 0.2) is 0 Å². The molecule has 0 saturated carbocycles. The number of aliphatic hydroxyl groups is 1. The second kappa shape index (κ2) is 6.83. The molecule has 1 aliphatic heterocycles. The van der Waals surface area contributed by atoms with Gasteiger partial charge in [-0.1, -0.05) is 0 Å². The van der Waals surface area contributed by atoms with Gasteiger partial charge in [-0.3, -0.25) is 4.79 Å². The number of rotatable bonds is 5. The number of piperidine rings is 1. The number of carboxylic acid groups (broad SMARTS) is 1. The van der Waals surface area contributed by atoms with E-state index in [-0.39, 0.29) is 13.1 Å². The predicted molar refractivity (Wildman–Crippen MR) is 66.6 cm³/mol. The normalized spacial score (nSPS) is 22.9. The lowest BCUT2D eigenvalue weighted by Gasteiger charge is -2.39. The van der Waals surface area contributed by atoms with E-state index < -0.39 is 37.0 Å². The fraction of sp³-hybridized carbons (Fsp3) is 0.833. The monoisotopic (exact) mass is 294 g/mol.